The van der Waals surface area contributed by atoms with E-state index in [9.17, 15) is 4.39 Å². The van der Waals surface area contributed by atoms with Crippen LogP contribution < -0.4 is 15.2 Å². The maximum Gasteiger partial charge on any atom is 0.153 e. The minimum atomic E-state index is -0.443. The molecule has 0 spiro atoms. The molecule has 0 radical (unpaired) electrons. The van der Waals surface area contributed by atoms with E-state index in [1.54, 1.807) is 22.9 Å². The molecule has 2 N–H and O–H groups in total. The summed E-state index contributed by atoms with van der Waals surface area (Å²) < 4.78 is 33.3. The van der Waals surface area contributed by atoms with Crippen molar-refractivity contribution in [3.63, 3.8) is 0 Å². The molecule has 0 amide bonds. The van der Waals surface area contributed by atoms with Crippen LogP contribution in [0.4, 0.5) is 10.2 Å². The first-order valence-electron chi connectivity index (χ1n) is 12.5. The number of hydrogen-bond acceptors (Lipinski definition) is 7. The second kappa shape index (κ2) is 10.5. The highest BCUT2D eigenvalue weighted by molar-refractivity contribution is 5.88. The molecule has 0 bridgehead atoms. The molecule has 0 aliphatic carbocycles. The molecule has 38 heavy (non-hydrogen) atoms. The van der Waals surface area contributed by atoms with Crippen molar-refractivity contribution in [1.29, 1.82) is 0 Å². The van der Waals surface area contributed by atoms with Gasteiger partial charge in [0.25, 0.3) is 0 Å². The van der Waals surface area contributed by atoms with Gasteiger partial charge in [-0.25, -0.2) is 19.0 Å². The summed E-state index contributed by atoms with van der Waals surface area (Å²) in [4.78, 5) is 8.69. The molecule has 2 aromatic heterocycles. The number of nitrogens with two attached hydrogens (primary N) is 1. The van der Waals surface area contributed by atoms with Crippen molar-refractivity contribution < 1.29 is 18.6 Å². The molecule has 6 rings (SSSR count). The molecule has 1 saturated heterocycles. The Bertz CT molecular complexity index is 1550. The summed E-state index contributed by atoms with van der Waals surface area (Å²) in [5.41, 5.74) is 10.4. The zero-order chi connectivity index (χ0) is 25.9. The Hall–Kier alpha value is -4.50. The van der Waals surface area contributed by atoms with Crippen molar-refractivity contribution in [2.45, 2.75) is 25.4 Å². The summed E-state index contributed by atoms with van der Waals surface area (Å²) in [6.45, 7) is 1.73. The smallest absolute Gasteiger partial charge is 0.153 e. The number of nitrogens with zero attached hydrogens (tertiary/aromatic N) is 4. The molecule has 5 aromatic rings. The Morgan fingerprint density at radius 2 is 1.68 bits per heavy atom. The van der Waals surface area contributed by atoms with E-state index in [1.165, 1.54) is 18.5 Å². The zero-order valence-corrected chi connectivity index (χ0v) is 20.6. The van der Waals surface area contributed by atoms with Crippen molar-refractivity contribution in [1.82, 2.24) is 19.7 Å². The highest BCUT2D eigenvalue weighted by atomic mass is 19.1. The average molecular weight is 512 g/mol. The molecule has 8 nitrogen and oxygen atoms in total. The molecular formula is C29H26FN5O3. The number of nitrogen functional groups attached to an aromatic ring is 1. The van der Waals surface area contributed by atoms with Crippen LogP contribution in [0.2, 0.25) is 0 Å². The lowest BCUT2D eigenvalue weighted by Crippen LogP contribution is -2.15. The Labute approximate surface area is 218 Å². The second-order valence-electron chi connectivity index (χ2n) is 9.13. The van der Waals surface area contributed by atoms with E-state index >= 15 is 0 Å². The number of anilines is 1. The minimum absolute atomic E-state index is 0.246. The molecule has 3 aromatic carbocycles. The molecule has 1 aliphatic rings. The zero-order valence-electron chi connectivity index (χ0n) is 20.6. The van der Waals surface area contributed by atoms with Crippen LogP contribution in [-0.4, -0.2) is 33.0 Å². The van der Waals surface area contributed by atoms with E-state index in [4.69, 9.17) is 25.0 Å². The molecule has 0 saturated carbocycles. The van der Waals surface area contributed by atoms with Crippen LogP contribution >= 0.6 is 0 Å². The van der Waals surface area contributed by atoms with Gasteiger partial charge in [-0.2, -0.15) is 5.10 Å². The van der Waals surface area contributed by atoms with Crippen molar-refractivity contribution in [2.24, 2.45) is 0 Å². The van der Waals surface area contributed by atoms with Crippen LogP contribution in [-0.2, 0) is 11.3 Å². The summed E-state index contributed by atoms with van der Waals surface area (Å²) in [5, 5.41) is 4.90. The molecule has 1 fully saturated rings. The van der Waals surface area contributed by atoms with Gasteiger partial charge in [0, 0.05) is 37.3 Å². The van der Waals surface area contributed by atoms with Gasteiger partial charge in [0.2, 0.25) is 0 Å². The Kier molecular flexibility index (Phi) is 6.58. The van der Waals surface area contributed by atoms with Gasteiger partial charge < -0.3 is 19.9 Å². The van der Waals surface area contributed by atoms with E-state index in [0.29, 0.717) is 48.4 Å². The van der Waals surface area contributed by atoms with Crippen molar-refractivity contribution >= 4 is 16.9 Å². The van der Waals surface area contributed by atoms with Gasteiger partial charge >= 0.3 is 0 Å². The van der Waals surface area contributed by atoms with Crippen LogP contribution in [0.25, 0.3) is 16.7 Å². The van der Waals surface area contributed by atoms with Crippen LogP contribution in [0, 0.1) is 5.82 Å². The molecule has 1 aliphatic heterocycles. The van der Waals surface area contributed by atoms with Gasteiger partial charge in [-0.3, -0.25) is 0 Å². The van der Waals surface area contributed by atoms with Crippen molar-refractivity contribution in [3.8, 4) is 22.9 Å². The van der Waals surface area contributed by atoms with E-state index in [2.05, 4.69) is 9.97 Å². The summed E-state index contributed by atoms with van der Waals surface area (Å²) in [6.07, 6.45) is 3.24. The lowest BCUT2D eigenvalue weighted by Gasteiger charge is -2.20. The van der Waals surface area contributed by atoms with E-state index in [0.717, 1.165) is 35.3 Å². The van der Waals surface area contributed by atoms with Crippen LogP contribution in [0.3, 0.4) is 0 Å². The quantitative estimate of drug-likeness (QED) is 0.295. The summed E-state index contributed by atoms with van der Waals surface area (Å²) in [6, 6.07) is 21.4. The average Bonchev–Trinajstić information content (AvgIpc) is 3.34. The van der Waals surface area contributed by atoms with Gasteiger partial charge in [-0.1, -0.05) is 30.3 Å². The highest BCUT2D eigenvalue weighted by Crippen LogP contribution is 2.34. The van der Waals surface area contributed by atoms with E-state index in [-0.39, 0.29) is 5.92 Å². The molecule has 3 heterocycles. The first-order valence-corrected chi connectivity index (χ1v) is 12.5. The first kappa shape index (κ1) is 23.9. The van der Waals surface area contributed by atoms with E-state index in [1.807, 2.05) is 42.5 Å². The van der Waals surface area contributed by atoms with Gasteiger partial charge in [0.1, 0.15) is 47.0 Å². The molecular weight excluding hydrogens is 485 g/mol. The number of halogens is 1. The Balaban J connectivity index is 1.24. The van der Waals surface area contributed by atoms with Crippen LogP contribution in [0.1, 0.15) is 30.0 Å². The van der Waals surface area contributed by atoms with Gasteiger partial charge in [0.15, 0.2) is 5.82 Å². The summed E-state index contributed by atoms with van der Waals surface area (Å²) in [7, 11) is 0. The largest absolute Gasteiger partial charge is 0.489 e. The number of hydrogen-bond donors (Lipinski definition) is 1. The number of fused-ring (bicyclic) bond motifs is 1. The SMILES string of the molecule is Nc1ncnc2c(C3CCOCC3)nn(-c3ccc(Oc4cc(F)cc(OCc5ccccc5)c4)cc3)c12. The fourth-order valence-electron chi connectivity index (χ4n) is 4.64. The van der Waals surface area contributed by atoms with Crippen molar-refractivity contribution in [2.75, 3.05) is 18.9 Å². The predicted molar refractivity (Wildman–Crippen MR) is 141 cm³/mol. The third-order valence-corrected chi connectivity index (χ3v) is 6.53. The molecule has 0 unspecified atom stereocenters. The van der Waals surface area contributed by atoms with Gasteiger partial charge in [-0.05, 0) is 42.7 Å². The topological polar surface area (TPSA) is 97.3 Å². The lowest BCUT2D eigenvalue weighted by atomic mass is 9.96. The third-order valence-electron chi connectivity index (χ3n) is 6.53. The van der Waals surface area contributed by atoms with Crippen molar-refractivity contribution in [3.05, 3.63) is 96.2 Å². The number of benzene rings is 3. The fraction of sp³-hybridized carbons (Fsp3) is 0.207. The molecule has 9 heteroatoms. The maximum atomic E-state index is 14.3. The third kappa shape index (κ3) is 5.01. The second-order valence-corrected chi connectivity index (χ2v) is 9.13. The summed E-state index contributed by atoms with van der Waals surface area (Å²) in [5.74, 6) is 1.43. The fourth-order valence-corrected chi connectivity index (χ4v) is 4.64. The predicted octanol–water partition coefficient (Wildman–Crippen LogP) is 5.80. The normalized spacial score (nSPS) is 14.0. The first-order chi connectivity index (χ1) is 18.6. The van der Waals surface area contributed by atoms with Gasteiger partial charge in [-0.15, -0.1) is 0 Å². The monoisotopic (exact) mass is 511 g/mol. The standard InChI is InChI=1S/C29H26FN5O3/c30-21-14-24(37-17-19-4-2-1-3-5-19)16-25(15-21)38-23-8-6-22(7-9-23)35-28-27(32-18-33-29(28)31)26(34-35)20-10-12-36-13-11-20/h1-9,14-16,18,20H,10-13,17H2,(H2,31,32,33). The Morgan fingerprint density at radius 1 is 0.921 bits per heavy atom. The number of rotatable bonds is 7. The Morgan fingerprint density at radius 3 is 2.47 bits per heavy atom. The number of aromatic nitrogens is 4. The minimum Gasteiger partial charge on any atom is -0.489 e. The van der Waals surface area contributed by atoms with E-state index < -0.39 is 5.82 Å². The highest BCUT2D eigenvalue weighted by Gasteiger charge is 2.25. The lowest BCUT2D eigenvalue weighted by molar-refractivity contribution is 0.0846. The molecule has 192 valence electrons. The number of ether oxygens (including phenoxy) is 3. The van der Waals surface area contributed by atoms with Gasteiger partial charge in [0.05, 0.1) is 11.4 Å². The van der Waals surface area contributed by atoms with Crippen LogP contribution in [0.15, 0.2) is 79.1 Å². The summed E-state index contributed by atoms with van der Waals surface area (Å²) >= 11 is 0. The maximum absolute atomic E-state index is 14.3. The molecule has 0 atom stereocenters. The van der Waals surface area contributed by atoms with Crippen LogP contribution in [0.5, 0.6) is 17.2 Å².